The van der Waals surface area contributed by atoms with Crippen molar-refractivity contribution in [1.29, 1.82) is 5.26 Å². The summed E-state index contributed by atoms with van der Waals surface area (Å²) in [6.07, 6.45) is 1.46. The molecule has 0 aliphatic carbocycles. The molecule has 4 nitrogen and oxygen atoms in total. The molecule has 0 radical (unpaired) electrons. The summed E-state index contributed by atoms with van der Waals surface area (Å²) in [5, 5.41) is 11.7. The first-order valence-electron chi connectivity index (χ1n) is 8.70. The zero-order valence-electron chi connectivity index (χ0n) is 15.2. The van der Waals surface area contributed by atoms with Gasteiger partial charge in [0, 0.05) is 5.69 Å². The average molecular weight is 407 g/mol. The van der Waals surface area contributed by atoms with Crippen molar-refractivity contribution in [3.63, 3.8) is 0 Å². The lowest BCUT2D eigenvalue weighted by molar-refractivity contribution is -0.112. The molecule has 6 heteroatoms. The zero-order chi connectivity index (χ0) is 20.6. The van der Waals surface area contributed by atoms with Crippen LogP contribution < -0.4 is 10.1 Å². The fraction of sp³-hybridized carbons (Fsp3) is 0.0435. The molecule has 0 fully saturated rings. The van der Waals surface area contributed by atoms with E-state index < -0.39 is 11.7 Å². The number of amides is 1. The number of carbonyl (C=O) groups excluding carboxylic acids is 1. The fourth-order valence-electron chi connectivity index (χ4n) is 2.49. The molecular weight excluding hydrogens is 391 g/mol. The van der Waals surface area contributed by atoms with Crippen molar-refractivity contribution >= 4 is 29.3 Å². The highest BCUT2D eigenvalue weighted by molar-refractivity contribution is 6.31. The number of nitrogens with one attached hydrogen (secondary N) is 1. The molecule has 0 atom stereocenters. The van der Waals surface area contributed by atoms with E-state index in [1.807, 2.05) is 36.4 Å². The van der Waals surface area contributed by atoms with Gasteiger partial charge >= 0.3 is 0 Å². The third-order valence-corrected chi connectivity index (χ3v) is 4.27. The van der Waals surface area contributed by atoms with E-state index in [4.69, 9.17) is 16.3 Å². The molecule has 3 rings (SSSR count). The Labute approximate surface area is 172 Å². The number of nitriles is 1. The molecule has 29 heavy (non-hydrogen) atoms. The van der Waals surface area contributed by atoms with Gasteiger partial charge in [-0.3, -0.25) is 4.79 Å². The number of anilines is 1. The van der Waals surface area contributed by atoms with Gasteiger partial charge in [-0.15, -0.1) is 0 Å². The van der Waals surface area contributed by atoms with E-state index in [0.717, 1.165) is 11.6 Å². The van der Waals surface area contributed by atoms with Crippen molar-refractivity contribution in [3.8, 4) is 11.8 Å². The molecule has 0 aliphatic heterocycles. The smallest absolute Gasteiger partial charge is 0.266 e. The topological polar surface area (TPSA) is 62.1 Å². The predicted molar refractivity (Wildman–Crippen MR) is 111 cm³/mol. The van der Waals surface area contributed by atoms with Crippen molar-refractivity contribution in [2.75, 3.05) is 5.32 Å². The number of benzene rings is 3. The van der Waals surface area contributed by atoms with E-state index in [9.17, 15) is 14.4 Å². The Balaban J connectivity index is 1.65. The van der Waals surface area contributed by atoms with Gasteiger partial charge in [0.15, 0.2) is 0 Å². The molecule has 0 aliphatic rings. The number of nitrogens with zero attached hydrogens (tertiary/aromatic N) is 1. The van der Waals surface area contributed by atoms with Gasteiger partial charge < -0.3 is 10.1 Å². The molecule has 0 unspecified atom stereocenters. The molecule has 1 amide bonds. The minimum atomic E-state index is -0.612. The van der Waals surface area contributed by atoms with Crippen LogP contribution in [-0.4, -0.2) is 5.91 Å². The number of carbonyl (C=O) groups is 1. The third-order valence-electron chi connectivity index (χ3n) is 3.98. The van der Waals surface area contributed by atoms with E-state index in [1.54, 1.807) is 24.3 Å². The molecule has 0 aromatic heterocycles. The van der Waals surface area contributed by atoms with Crippen LogP contribution in [0.1, 0.15) is 11.1 Å². The zero-order valence-corrected chi connectivity index (χ0v) is 16.0. The maximum absolute atomic E-state index is 13.2. The molecule has 0 heterocycles. The second-order valence-electron chi connectivity index (χ2n) is 6.10. The van der Waals surface area contributed by atoms with Crippen LogP contribution in [0.5, 0.6) is 5.75 Å². The first-order chi connectivity index (χ1) is 14.0. The van der Waals surface area contributed by atoms with Gasteiger partial charge in [0.1, 0.15) is 29.8 Å². The second-order valence-corrected chi connectivity index (χ2v) is 6.50. The lowest BCUT2D eigenvalue weighted by atomic mass is 10.1. The maximum Gasteiger partial charge on any atom is 0.266 e. The Hall–Kier alpha value is -3.62. The van der Waals surface area contributed by atoms with Gasteiger partial charge in [0.25, 0.3) is 5.91 Å². The quantitative estimate of drug-likeness (QED) is 0.428. The standard InChI is InChI=1S/C23H16ClFN2O2/c24-21-13-19(8-11-22(21)25)27-23(28)18(14-26)12-16-6-9-20(10-7-16)29-15-17-4-2-1-3-5-17/h1-13H,15H2,(H,27,28)/b18-12+. The van der Waals surface area contributed by atoms with Gasteiger partial charge in [0.05, 0.1) is 5.02 Å². The van der Waals surface area contributed by atoms with Gasteiger partial charge in [-0.1, -0.05) is 54.1 Å². The van der Waals surface area contributed by atoms with Crippen LogP contribution in [0.15, 0.2) is 78.4 Å². The predicted octanol–water partition coefficient (Wildman–Crippen LogP) is 5.60. The lowest BCUT2D eigenvalue weighted by Crippen LogP contribution is -2.13. The van der Waals surface area contributed by atoms with Crippen LogP contribution in [0.2, 0.25) is 5.02 Å². The van der Waals surface area contributed by atoms with Gasteiger partial charge in [0.2, 0.25) is 0 Å². The summed E-state index contributed by atoms with van der Waals surface area (Å²) in [7, 11) is 0. The average Bonchev–Trinajstić information content (AvgIpc) is 2.74. The molecule has 0 saturated carbocycles. The van der Waals surface area contributed by atoms with Crippen LogP contribution in [0.25, 0.3) is 6.08 Å². The fourth-order valence-corrected chi connectivity index (χ4v) is 2.67. The van der Waals surface area contributed by atoms with E-state index in [1.165, 1.54) is 18.2 Å². The van der Waals surface area contributed by atoms with Crippen LogP contribution in [0.3, 0.4) is 0 Å². The van der Waals surface area contributed by atoms with Gasteiger partial charge in [-0.05, 0) is 47.5 Å². The van der Waals surface area contributed by atoms with Gasteiger partial charge in [-0.25, -0.2) is 4.39 Å². The second kappa shape index (κ2) is 9.54. The summed E-state index contributed by atoms with van der Waals surface area (Å²) in [6.45, 7) is 0.447. The Morgan fingerprint density at radius 3 is 2.48 bits per heavy atom. The highest BCUT2D eigenvalue weighted by Crippen LogP contribution is 2.20. The SMILES string of the molecule is N#C/C(=C\c1ccc(OCc2ccccc2)cc1)C(=O)Nc1ccc(F)c(Cl)c1. The lowest BCUT2D eigenvalue weighted by Gasteiger charge is -2.07. The summed E-state index contributed by atoms with van der Waals surface area (Å²) in [5.41, 5.74) is 1.93. The van der Waals surface area contributed by atoms with Crippen molar-refractivity contribution in [2.24, 2.45) is 0 Å². The van der Waals surface area contributed by atoms with E-state index in [0.29, 0.717) is 23.6 Å². The summed E-state index contributed by atoms with van der Waals surface area (Å²) < 4.78 is 18.9. The molecular formula is C23H16ClFN2O2. The van der Waals surface area contributed by atoms with E-state index in [2.05, 4.69) is 5.32 Å². The van der Waals surface area contributed by atoms with Crippen LogP contribution >= 0.6 is 11.6 Å². The van der Waals surface area contributed by atoms with Crippen molar-refractivity contribution in [2.45, 2.75) is 6.61 Å². The summed E-state index contributed by atoms with van der Waals surface area (Å²) in [4.78, 5) is 12.3. The van der Waals surface area contributed by atoms with E-state index >= 15 is 0 Å². The largest absolute Gasteiger partial charge is 0.489 e. The molecule has 1 N–H and O–H groups in total. The maximum atomic E-state index is 13.2. The Morgan fingerprint density at radius 1 is 1.10 bits per heavy atom. The summed E-state index contributed by atoms with van der Waals surface area (Å²) in [5.74, 6) is -0.523. The molecule has 3 aromatic rings. The van der Waals surface area contributed by atoms with Crippen molar-refractivity contribution in [3.05, 3.63) is 100 Å². The number of rotatable bonds is 6. The Morgan fingerprint density at radius 2 is 1.83 bits per heavy atom. The monoisotopic (exact) mass is 406 g/mol. The van der Waals surface area contributed by atoms with Crippen molar-refractivity contribution in [1.82, 2.24) is 0 Å². The van der Waals surface area contributed by atoms with Crippen LogP contribution in [0, 0.1) is 17.1 Å². The first kappa shape index (κ1) is 20.1. The Bertz CT molecular complexity index is 1070. The minimum Gasteiger partial charge on any atom is -0.489 e. The normalized spacial score (nSPS) is 10.9. The number of ether oxygens (including phenoxy) is 1. The highest BCUT2D eigenvalue weighted by Gasteiger charge is 2.11. The molecule has 0 saturated heterocycles. The summed E-state index contributed by atoms with van der Waals surface area (Å²) in [6, 6.07) is 22.5. The first-order valence-corrected chi connectivity index (χ1v) is 9.08. The van der Waals surface area contributed by atoms with Crippen LogP contribution in [-0.2, 0) is 11.4 Å². The van der Waals surface area contributed by atoms with Gasteiger partial charge in [-0.2, -0.15) is 5.26 Å². The van der Waals surface area contributed by atoms with E-state index in [-0.39, 0.29) is 10.6 Å². The van der Waals surface area contributed by atoms with Crippen molar-refractivity contribution < 1.29 is 13.9 Å². The molecule has 0 spiro atoms. The molecule has 0 bridgehead atoms. The summed E-state index contributed by atoms with van der Waals surface area (Å²) >= 11 is 5.70. The highest BCUT2D eigenvalue weighted by atomic mass is 35.5. The Kier molecular flexibility index (Phi) is 6.62. The van der Waals surface area contributed by atoms with Crippen LogP contribution in [0.4, 0.5) is 10.1 Å². The minimum absolute atomic E-state index is 0.0941. The molecule has 144 valence electrons. The molecule has 3 aromatic carbocycles. The number of hydrogen-bond acceptors (Lipinski definition) is 3. The number of hydrogen-bond donors (Lipinski definition) is 1. The third kappa shape index (κ3) is 5.68. The number of halogens is 2.